The zero-order valence-corrected chi connectivity index (χ0v) is 20.9. The number of pyridine rings is 1. The molecule has 0 aliphatic carbocycles. The number of ether oxygens (including phenoxy) is 1. The van der Waals surface area contributed by atoms with Gasteiger partial charge in [0.25, 0.3) is 6.43 Å². The minimum absolute atomic E-state index is 0.00421. The molecule has 190 valence electrons. The molecule has 1 aromatic carbocycles. The fourth-order valence-electron chi connectivity index (χ4n) is 4.11. The van der Waals surface area contributed by atoms with Gasteiger partial charge in [-0.25, -0.2) is 31.6 Å². The topological polar surface area (TPSA) is 94.1 Å². The van der Waals surface area contributed by atoms with Crippen LogP contribution in [0.25, 0.3) is 10.9 Å². The Hall–Kier alpha value is -2.79. The van der Waals surface area contributed by atoms with Crippen LogP contribution in [-0.2, 0) is 26.7 Å². The number of sulfone groups is 1. The van der Waals surface area contributed by atoms with E-state index in [0.29, 0.717) is 28.1 Å². The van der Waals surface area contributed by atoms with E-state index in [-0.39, 0.29) is 36.5 Å². The van der Waals surface area contributed by atoms with E-state index in [2.05, 4.69) is 20.3 Å². The Morgan fingerprint density at radius 3 is 2.49 bits per heavy atom. The van der Waals surface area contributed by atoms with E-state index in [4.69, 9.17) is 4.74 Å². The van der Waals surface area contributed by atoms with Crippen molar-refractivity contribution in [1.29, 1.82) is 0 Å². The molecule has 0 spiro atoms. The van der Waals surface area contributed by atoms with Crippen molar-refractivity contribution in [2.75, 3.05) is 23.9 Å². The Bertz CT molecular complexity index is 1290. The Kier molecular flexibility index (Phi) is 8.32. The number of nitrogens with zero attached hydrogens (tertiary/aromatic N) is 3. The molecule has 3 aromatic rings. The van der Waals surface area contributed by atoms with E-state index >= 15 is 0 Å². The van der Waals surface area contributed by atoms with Gasteiger partial charge in [0.05, 0.1) is 34.0 Å². The Morgan fingerprint density at radius 1 is 1.17 bits per heavy atom. The molecule has 1 aliphatic rings. The van der Waals surface area contributed by atoms with E-state index in [1.807, 2.05) is 13.8 Å². The van der Waals surface area contributed by atoms with E-state index in [0.717, 1.165) is 6.07 Å². The SMILES string of the molecule is CC.COC1(c2cc3c(NCc4cccc(C(F)F)c4F)ncnc3c(C)n2)CCS(=O)(=O)CC1. The molecule has 1 aliphatic heterocycles. The number of anilines is 1. The number of rotatable bonds is 6. The number of fused-ring (bicyclic) bond motifs is 1. The van der Waals surface area contributed by atoms with Crippen LogP contribution in [0.2, 0.25) is 0 Å². The van der Waals surface area contributed by atoms with Crippen molar-refractivity contribution in [2.24, 2.45) is 0 Å². The molecule has 7 nitrogen and oxygen atoms in total. The van der Waals surface area contributed by atoms with Gasteiger partial charge < -0.3 is 10.1 Å². The van der Waals surface area contributed by atoms with Crippen molar-refractivity contribution in [3.05, 3.63) is 58.9 Å². The highest BCUT2D eigenvalue weighted by atomic mass is 32.2. The highest BCUT2D eigenvalue weighted by Gasteiger charge is 2.40. The summed E-state index contributed by atoms with van der Waals surface area (Å²) in [7, 11) is -1.59. The highest BCUT2D eigenvalue weighted by Crippen LogP contribution is 2.38. The molecule has 0 atom stereocenters. The van der Waals surface area contributed by atoms with Crippen molar-refractivity contribution >= 4 is 26.6 Å². The van der Waals surface area contributed by atoms with Gasteiger partial charge >= 0.3 is 0 Å². The first-order chi connectivity index (χ1) is 16.7. The van der Waals surface area contributed by atoms with Gasteiger partial charge in [0.15, 0.2) is 9.84 Å². The molecular formula is C24H29F3N4O3S. The van der Waals surface area contributed by atoms with Crippen LogP contribution >= 0.6 is 0 Å². The third-order valence-electron chi connectivity index (χ3n) is 6.08. The molecule has 0 radical (unpaired) electrons. The molecule has 0 saturated carbocycles. The molecular weight excluding hydrogens is 481 g/mol. The molecule has 0 amide bonds. The van der Waals surface area contributed by atoms with Crippen LogP contribution in [-0.4, -0.2) is 42.0 Å². The summed E-state index contributed by atoms with van der Waals surface area (Å²) in [5.41, 5.74) is 0.287. The van der Waals surface area contributed by atoms with Crippen LogP contribution in [0.5, 0.6) is 0 Å². The fourth-order valence-corrected chi connectivity index (χ4v) is 5.60. The number of hydrogen-bond donors (Lipinski definition) is 1. The number of halogens is 3. The molecule has 2 aromatic heterocycles. The maximum Gasteiger partial charge on any atom is 0.266 e. The smallest absolute Gasteiger partial charge is 0.266 e. The Labute approximate surface area is 203 Å². The normalized spacial score (nSPS) is 16.6. The zero-order chi connectivity index (χ0) is 25.8. The second-order valence-corrected chi connectivity index (χ2v) is 10.3. The summed E-state index contributed by atoms with van der Waals surface area (Å²) >= 11 is 0. The van der Waals surface area contributed by atoms with E-state index < -0.39 is 33.2 Å². The molecule has 1 saturated heterocycles. The van der Waals surface area contributed by atoms with Gasteiger partial charge in [-0.3, -0.25) is 4.98 Å². The van der Waals surface area contributed by atoms with Crippen LogP contribution in [0.3, 0.4) is 0 Å². The molecule has 4 rings (SSSR count). The van der Waals surface area contributed by atoms with Crippen LogP contribution < -0.4 is 5.32 Å². The molecule has 1 fully saturated rings. The quantitative estimate of drug-likeness (QED) is 0.493. The lowest BCUT2D eigenvalue weighted by Gasteiger charge is -2.35. The number of methoxy groups -OCH3 is 1. The number of benzene rings is 1. The zero-order valence-electron chi connectivity index (χ0n) is 20.1. The average molecular weight is 511 g/mol. The van der Waals surface area contributed by atoms with Crippen molar-refractivity contribution in [2.45, 2.75) is 52.2 Å². The van der Waals surface area contributed by atoms with Gasteiger partial charge in [0.1, 0.15) is 23.6 Å². The third kappa shape index (κ3) is 5.56. The van der Waals surface area contributed by atoms with Gasteiger partial charge in [-0.2, -0.15) is 0 Å². The fraction of sp³-hybridized carbons (Fsp3) is 0.458. The van der Waals surface area contributed by atoms with Crippen molar-refractivity contribution in [1.82, 2.24) is 15.0 Å². The number of nitrogens with one attached hydrogen (secondary N) is 1. The molecule has 0 unspecified atom stereocenters. The maximum atomic E-state index is 14.4. The van der Waals surface area contributed by atoms with Gasteiger partial charge in [-0.05, 0) is 25.8 Å². The first kappa shape index (κ1) is 26.8. The minimum atomic E-state index is -3.12. The summed E-state index contributed by atoms with van der Waals surface area (Å²) in [6.07, 6.45) is -1.03. The first-order valence-corrected chi connectivity index (χ1v) is 13.2. The number of hydrogen-bond acceptors (Lipinski definition) is 7. The highest BCUT2D eigenvalue weighted by molar-refractivity contribution is 7.91. The number of aromatic nitrogens is 3. The van der Waals surface area contributed by atoms with Gasteiger partial charge in [0, 0.05) is 24.6 Å². The van der Waals surface area contributed by atoms with Crippen molar-refractivity contribution in [3.8, 4) is 0 Å². The standard InChI is InChI=1S/C22H23F3N4O3S.C2H6/c1-13-19-16(10-17(29-13)22(32-2)6-8-33(30,31)9-7-22)21(28-12-27-19)26-11-14-4-3-5-15(18(14)23)20(24)25;1-2/h3-5,10,12,20H,6-9,11H2,1-2H3,(H,26,27,28);1-2H3. The van der Waals surface area contributed by atoms with Crippen LogP contribution in [0.15, 0.2) is 30.6 Å². The second kappa shape index (κ2) is 10.9. The Balaban J connectivity index is 0.00000167. The van der Waals surface area contributed by atoms with E-state index in [9.17, 15) is 21.6 Å². The van der Waals surface area contributed by atoms with Gasteiger partial charge in [0.2, 0.25) is 0 Å². The minimum Gasteiger partial charge on any atom is -0.372 e. The second-order valence-electron chi connectivity index (χ2n) is 8.04. The number of alkyl halides is 2. The molecule has 0 bridgehead atoms. The van der Waals surface area contributed by atoms with Gasteiger partial charge in [-0.15, -0.1) is 0 Å². The number of aryl methyl sites for hydroxylation is 1. The van der Waals surface area contributed by atoms with E-state index in [1.165, 1.54) is 25.6 Å². The summed E-state index contributed by atoms with van der Waals surface area (Å²) in [4.78, 5) is 13.2. The van der Waals surface area contributed by atoms with E-state index in [1.54, 1.807) is 13.0 Å². The monoisotopic (exact) mass is 510 g/mol. The van der Waals surface area contributed by atoms with Crippen molar-refractivity contribution < 1.29 is 26.3 Å². The van der Waals surface area contributed by atoms with Gasteiger partial charge in [-0.1, -0.05) is 32.0 Å². The summed E-state index contributed by atoms with van der Waals surface area (Å²) < 4.78 is 70.2. The molecule has 3 heterocycles. The maximum absolute atomic E-state index is 14.4. The largest absolute Gasteiger partial charge is 0.372 e. The first-order valence-electron chi connectivity index (χ1n) is 11.3. The molecule has 35 heavy (non-hydrogen) atoms. The summed E-state index contributed by atoms with van der Waals surface area (Å²) in [5, 5.41) is 3.60. The lowest BCUT2D eigenvalue weighted by atomic mass is 9.91. The lowest BCUT2D eigenvalue weighted by Crippen LogP contribution is -2.39. The molecule has 11 heteroatoms. The van der Waals surface area contributed by atoms with Crippen LogP contribution in [0, 0.1) is 12.7 Å². The van der Waals surface area contributed by atoms with Crippen LogP contribution in [0.4, 0.5) is 19.0 Å². The third-order valence-corrected chi connectivity index (χ3v) is 7.73. The predicted octanol–water partition coefficient (Wildman–Crippen LogP) is 5.10. The van der Waals surface area contributed by atoms with Crippen molar-refractivity contribution in [3.63, 3.8) is 0 Å². The Morgan fingerprint density at radius 2 is 1.86 bits per heavy atom. The lowest BCUT2D eigenvalue weighted by molar-refractivity contribution is -0.0267. The summed E-state index contributed by atoms with van der Waals surface area (Å²) in [6.45, 7) is 5.71. The summed E-state index contributed by atoms with van der Waals surface area (Å²) in [5.74, 6) is -0.590. The molecule has 1 N–H and O–H groups in total. The average Bonchev–Trinajstić information content (AvgIpc) is 2.85. The van der Waals surface area contributed by atoms with Crippen LogP contribution in [0.1, 0.15) is 55.6 Å². The predicted molar refractivity (Wildman–Crippen MR) is 129 cm³/mol. The summed E-state index contributed by atoms with van der Waals surface area (Å²) in [6, 6.07) is 5.61.